The predicted octanol–water partition coefficient (Wildman–Crippen LogP) is 2.54. The lowest BCUT2D eigenvalue weighted by atomic mass is 10.1. The Morgan fingerprint density at radius 1 is 1.33 bits per heavy atom. The van der Waals surface area contributed by atoms with Gasteiger partial charge in [-0.3, -0.25) is 4.79 Å². The van der Waals surface area contributed by atoms with Gasteiger partial charge in [0, 0.05) is 34.3 Å². The second kappa shape index (κ2) is 6.73. The summed E-state index contributed by atoms with van der Waals surface area (Å²) in [6.45, 7) is 5.89. The van der Waals surface area contributed by atoms with Crippen molar-refractivity contribution in [1.82, 2.24) is 10.2 Å². The molecule has 1 amide bonds. The molecule has 1 aliphatic heterocycles. The third kappa shape index (κ3) is 3.36. The second-order valence-electron chi connectivity index (χ2n) is 4.49. The van der Waals surface area contributed by atoms with E-state index in [-0.39, 0.29) is 24.4 Å². The number of carbonyl (C=O) groups excluding carboxylic acids is 1. The van der Waals surface area contributed by atoms with Gasteiger partial charge in [0.05, 0.1) is 0 Å². The molecule has 1 heterocycles. The summed E-state index contributed by atoms with van der Waals surface area (Å²) < 4.78 is 1.15. The number of hydrogen-bond donors (Lipinski definition) is 1. The standard InChI is InChI=1S/C13H17IN2O.ClH/c1-9-10(2)16(8-7-15-9)13(17)11-3-5-12(14)6-4-11;/h3-6,9-10,15H,7-8H2,1-2H3;1H. The van der Waals surface area contributed by atoms with E-state index in [2.05, 4.69) is 41.8 Å². The Hall–Kier alpha value is -0.330. The summed E-state index contributed by atoms with van der Waals surface area (Å²) >= 11 is 2.25. The lowest BCUT2D eigenvalue weighted by molar-refractivity contribution is 0.0603. The van der Waals surface area contributed by atoms with E-state index in [1.165, 1.54) is 0 Å². The molecule has 1 fully saturated rings. The third-order valence-corrected chi connectivity index (χ3v) is 4.11. The normalized spacial score (nSPS) is 23.4. The van der Waals surface area contributed by atoms with Gasteiger partial charge in [-0.15, -0.1) is 12.4 Å². The van der Waals surface area contributed by atoms with Crippen molar-refractivity contribution < 1.29 is 4.79 Å². The highest BCUT2D eigenvalue weighted by Crippen LogP contribution is 2.15. The zero-order valence-electron chi connectivity index (χ0n) is 10.5. The van der Waals surface area contributed by atoms with E-state index in [0.29, 0.717) is 6.04 Å². The smallest absolute Gasteiger partial charge is 0.254 e. The molecule has 0 aromatic heterocycles. The Morgan fingerprint density at radius 2 is 1.94 bits per heavy atom. The fourth-order valence-electron chi connectivity index (χ4n) is 2.10. The molecule has 3 nitrogen and oxygen atoms in total. The van der Waals surface area contributed by atoms with Crippen LogP contribution in [0.2, 0.25) is 0 Å². The molecule has 2 unspecified atom stereocenters. The van der Waals surface area contributed by atoms with Gasteiger partial charge in [-0.2, -0.15) is 0 Å². The van der Waals surface area contributed by atoms with Gasteiger partial charge in [0.1, 0.15) is 0 Å². The number of nitrogens with one attached hydrogen (secondary N) is 1. The van der Waals surface area contributed by atoms with E-state index in [9.17, 15) is 4.79 Å². The highest BCUT2D eigenvalue weighted by molar-refractivity contribution is 14.1. The van der Waals surface area contributed by atoms with Crippen LogP contribution in [0.5, 0.6) is 0 Å². The number of rotatable bonds is 1. The molecule has 2 atom stereocenters. The van der Waals surface area contributed by atoms with Crippen LogP contribution in [-0.4, -0.2) is 36.0 Å². The Kier molecular flexibility index (Phi) is 5.88. The molecule has 0 aliphatic carbocycles. The van der Waals surface area contributed by atoms with Crippen molar-refractivity contribution in [3.05, 3.63) is 33.4 Å². The Morgan fingerprint density at radius 3 is 2.56 bits per heavy atom. The molecule has 0 radical (unpaired) electrons. The summed E-state index contributed by atoms with van der Waals surface area (Å²) in [6.07, 6.45) is 0. The van der Waals surface area contributed by atoms with E-state index in [0.717, 1.165) is 22.2 Å². The van der Waals surface area contributed by atoms with Crippen molar-refractivity contribution in [2.75, 3.05) is 13.1 Å². The highest BCUT2D eigenvalue weighted by atomic mass is 127. The van der Waals surface area contributed by atoms with E-state index < -0.39 is 0 Å². The second-order valence-corrected chi connectivity index (χ2v) is 5.73. The monoisotopic (exact) mass is 380 g/mol. The van der Waals surface area contributed by atoms with Crippen LogP contribution in [0.25, 0.3) is 0 Å². The molecule has 100 valence electrons. The van der Waals surface area contributed by atoms with Gasteiger partial charge in [0.2, 0.25) is 0 Å². The van der Waals surface area contributed by atoms with Crippen LogP contribution < -0.4 is 5.32 Å². The average Bonchev–Trinajstić information content (AvgIpc) is 2.33. The van der Waals surface area contributed by atoms with Crippen LogP contribution in [-0.2, 0) is 0 Å². The van der Waals surface area contributed by atoms with Crippen LogP contribution in [0.3, 0.4) is 0 Å². The third-order valence-electron chi connectivity index (χ3n) is 3.39. The molecular weight excluding hydrogens is 363 g/mol. The topological polar surface area (TPSA) is 32.3 Å². The quantitative estimate of drug-likeness (QED) is 0.760. The molecule has 1 N–H and O–H groups in total. The minimum atomic E-state index is 0. The van der Waals surface area contributed by atoms with Crippen molar-refractivity contribution in [2.24, 2.45) is 0 Å². The summed E-state index contributed by atoms with van der Waals surface area (Å²) in [7, 11) is 0. The number of benzene rings is 1. The highest BCUT2D eigenvalue weighted by Gasteiger charge is 2.28. The minimum Gasteiger partial charge on any atom is -0.333 e. The number of nitrogens with zero attached hydrogens (tertiary/aromatic N) is 1. The minimum absolute atomic E-state index is 0. The summed E-state index contributed by atoms with van der Waals surface area (Å²) in [5.41, 5.74) is 0.784. The first-order valence-corrected chi connectivity index (χ1v) is 6.97. The first-order valence-electron chi connectivity index (χ1n) is 5.89. The first-order chi connectivity index (χ1) is 8.09. The molecule has 1 aliphatic rings. The largest absolute Gasteiger partial charge is 0.333 e. The number of halogens is 2. The predicted molar refractivity (Wildman–Crippen MR) is 84.4 cm³/mol. The Balaban J connectivity index is 0.00000162. The van der Waals surface area contributed by atoms with Crippen LogP contribution in [0, 0.1) is 3.57 Å². The van der Waals surface area contributed by atoms with E-state index >= 15 is 0 Å². The van der Waals surface area contributed by atoms with Crippen LogP contribution in [0.15, 0.2) is 24.3 Å². The fourth-order valence-corrected chi connectivity index (χ4v) is 2.46. The van der Waals surface area contributed by atoms with Crippen LogP contribution >= 0.6 is 35.0 Å². The molecule has 0 spiro atoms. The molecule has 2 rings (SSSR count). The van der Waals surface area contributed by atoms with Crippen molar-refractivity contribution >= 4 is 40.9 Å². The lowest BCUT2D eigenvalue weighted by Gasteiger charge is -2.38. The average molecular weight is 381 g/mol. The molecule has 1 aromatic carbocycles. The zero-order valence-corrected chi connectivity index (χ0v) is 13.5. The van der Waals surface area contributed by atoms with Crippen LogP contribution in [0.1, 0.15) is 24.2 Å². The summed E-state index contributed by atoms with van der Waals surface area (Å²) in [4.78, 5) is 14.3. The van der Waals surface area contributed by atoms with Crippen molar-refractivity contribution in [3.8, 4) is 0 Å². The number of amides is 1. The van der Waals surface area contributed by atoms with Gasteiger partial charge in [0.25, 0.3) is 5.91 Å². The van der Waals surface area contributed by atoms with Gasteiger partial charge in [-0.25, -0.2) is 0 Å². The Bertz CT molecular complexity index is 410. The van der Waals surface area contributed by atoms with Gasteiger partial charge >= 0.3 is 0 Å². The zero-order chi connectivity index (χ0) is 12.4. The number of piperazine rings is 1. The fraction of sp³-hybridized carbons (Fsp3) is 0.462. The van der Waals surface area contributed by atoms with Gasteiger partial charge in [-0.05, 0) is 60.7 Å². The summed E-state index contributed by atoms with van der Waals surface area (Å²) in [6, 6.07) is 8.37. The van der Waals surface area contributed by atoms with Gasteiger partial charge < -0.3 is 10.2 Å². The molecule has 1 aromatic rings. The molecule has 18 heavy (non-hydrogen) atoms. The van der Waals surface area contributed by atoms with E-state index in [1.54, 1.807) is 0 Å². The summed E-state index contributed by atoms with van der Waals surface area (Å²) in [5.74, 6) is 0.141. The molecular formula is C13H18ClIN2O. The summed E-state index contributed by atoms with van der Waals surface area (Å²) in [5, 5.41) is 3.38. The molecule has 1 saturated heterocycles. The maximum absolute atomic E-state index is 12.4. The van der Waals surface area contributed by atoms with Gasteiger partial charge in [0.15, 0.2) is 0 Å². The maximum atomic E-state index is 12.4. The number of carbonyl (C=O) groups is 1. The SMILES string of the molecule is CC1NCCN(C(=O)c2ccc(I)cc2)C1C.Cl. The van der Waals surface area contributed by atoms with Crippen molar-refractivity contribution in [2.45, 2.75) is 25.9 Å². The van der Waals surface area contributed by atoms with E-state index in [1.807, 2.05) is 29.2 Å². The lowest BCUT2D eigenvalue weighted by Crippen LogP contribution is -2.57. The van der Waals surface area contributed by atoms with E-state index in [4.69, 9.17) is 0 Å². The number of hydrogen-bond acceptors (Lipinski definition) is 2. The van der Waals surface area contributed by atoms with Crippen molar-refractivity contribution in [1.29, 1.82) is 0 Å². The van der Waals surface area contributed by atoms with Crippen LogP contribution in [0.4, 0.5) is 0 Å². The van der Waals surface area contributed by atoms with Gasteiger partial charge in [-0.1, -0.05) is 0 Å². The first kappa shape index (κ1) is 15.7. The van der Waals surface area contributed by atoms with Crippen molar-refractivity contribution in [3.63, 3.8) is 0 Å². The molecule has 5 heteroatoms. The molecule has 0 saturated carbocycles. The Labute approximate surface area is 128 Å². The molecule has 0 bridgehead atoms. The maximum Gasteiger partial charge on any atom is 0.254 e.